The second kappa shape index (κ2) is 8.18. The second-order valence-electron chi connectivity index (χ2n) is 6.68. The molecule has 1 aliphatic heterocycles. The van der Waals surface area contributed by atoms with Crippen molar-refractivity contribution in [3.8, 4) is 11.5 Å². The predicted molar refractivity (Wildman–Crippen MR) is 111 cm³/mol. The van der Waals surface area contributed by atoms with Crippen molar-refractivity contribution in [2.45, 2.75) is 13.8 Å². The first-order chi connectivity index (χ1) is 14.1. The summed E-state index contributed by atoms with van der Waals surface area (Å²) in [6.07, 6.45) is 0. The zero-order valence-corrected chi connectivity index (χ0v) is 16.4. The van der Waals surface area contributed by atoms with Gasteiger partial charge in [0.15, 0.2) is 23.0 Å². The zero-order chi connectivity index (χ0) is 20.2. The molecule has 0 aliphatic carbocycles. The summed E-state index contributed by atoms with van der Waals surface area (Å²) in [5.74, 6) is 1.77. The number of benzene rings is 2. The lowest BCUT2D eigenvalue weighted by molar-refractivity contribution is 0.0982. The van der Waals surface area contributed by atoms with E-state index in [1.807, 2.05) is 56.3 Å². The number of hydrogen-bond acceptors (Lipinski definition) is 6. The lowest BCUT2D eigenvalue weighted by atomic mass is 10.2. The number of nitrogens with zero attached hydrogens (tertiary/aromatic N) is 3. The van der Waals surface area contributed by atoms with Gasteiger partial charge in [-0.05, 0) is 55.8 Å². The van der Waals surface area contributed by atoms with Gasteiger partial charge >= 0.3 is 0 Å². The van der Waals surface area contributed by atoms with Gasteiger partial charge in [-0.25, -0.2) is 0 Å². The zero-order valence-electron chi connectivity index (χ0n) is 16.4. The molecule has 0 bridgehead atoms. The maximum Gasteiger partial charge on any atom is 0.278 e. The third-order valence-corrected chi connectivity index (χ3v) is 4.57. The molecular formula is C22H22N4O3. The molecular weight excluding hydrogens is 368 g/mol. The third-order valence-electron chi connectivity index (χ3n) is 4.57. The number of carbonyl (C=O) groups is 1. The quantitative estimate of drug-likeness (QED) is 0.710. The van der Waals surface area contributed by atoms with Crippen LogP contribution in [0.5, 0.6) is 11.5 Å². The van der Waals surface area contributed by atoms with Crippen molar-refractivity contribution in [2.24, 2.45) is 0 Å². The van der Waals surface area contributed by atoms with Crippen LogP contribution in [0.1, 0.15) is 23.0 Å². The van der Waals surface area contributed by atoms with Crippen LogP contribution in [0.15, 0.2) is 54.6 Å². The van der Waals surface area contributed by atoms with Crippen LogP contribution in [-0.4, -0.2) is 35.9 Å². The van der Waals surface area contributed by atoms with Gasteiger partial charge in [-0.15, -0.1) is 10.2 Å². The van der Waals surface area contributed by atoms with Crippen LogP contribution in [0.4, 0.5) is 17.2 Å². The van der Waals surface area contributed by atoms with E-state index < -0.39 is 0 Å². The van der Waals surface area contributed by atoms with Gasteiger partial charge in [0.05, 0.1) is 0 Å². The summed E-state index contributed by atoms with van der Waals surface area (Å²) in [6.45, 7) is 5.56. The molecule has 0 unspecified atom stereocenters. The monoisotopic (exact) mass is 390 g/mol. The molecule has 0 spiro atoms. The van der Waals surface area contributed by atoms with Gasteiger partial charge in [0.25, 0.3) is 5.91 Å². The maximum absolute atomic E-state index is 12.9. The van der Waals surface area contributed by atoms with Crippen LogP contribution in [-0.2, 0) is 0 Å². The Morgan fingerprint density at radius 2 is 1.86 bits per heavy atom. The van der Waals surface area contributed by atoms with Gasteiger partial charge in [0.1, 0.15) is 13.2 Å². The molecule has 4 rings (SSSR count). The van der Waals surface area contributed by atoms with Crippen molar-refractivity contribution >= 4 is 23.1 Å². The summed E-state index contributed by atoms with van der Waals surface area (Å²) < 4.78 is 11.1. The molecule has 0 fully saturated rings. The van der Waals surface area contributed by atoms with E-state index in [1.165, 1.54) is 0 Å². The van der Waals surface area contributed by atoms with Crippen molar-refractivity contribution in [3.05, 3.63) is 65.9 Å². The Labute approximate surface area is 169 Å². The largest absolute Gasteiger partial charge is 0.486 e. The van der Waals surface area contributed by atoms with Crippen molar-refractivity contribution in [1.29, 1.82) is 0 Å². The molecule has 148 valence electrons. The highest BCUT2D eigenvalue weighted by atomic mass is 16.6. The number of amides is 1. The fraction of sp³-hybridized carbons (Fsp3) is 0.227. The van der Waals surface area contributed by atoms with E-state index in [1.54, 1.807) is 17.0 Å². The lowest BCUT2D eigenvalue weighted by Gasteiger charge is -2.21. The minimum absolute atomic E-state index is 0.184. The highest BCUT2D eigenvalue weighted by Gasteiger charge is 2.18. The number of aryl methyl sites for hydroxylation is 1. The third kappa shape index (κ3) is 4.13. The summed E-state index contributed by atoms with van der Waals surface area (Å²) in [5, 5.41) is 11.4. The molecule has 0 atom stereocenters. The first kappa shape index (κ1) is 18.7. The molecule has 2 heterocycles. The van der Waals surface area contributed by atoms with Crippen LogP contribution >= 0.6 is 0 Å². The molecule has 0 radical (unpaired) electrons. The number of hydrogen-bond donors (Lipinski definition) is 1. The molecule has 0 saturated carbocycles. The number of ether oxygens (including phenoxy) is 2. The summed E-state index contributed by atoms with van der Waals surface area (Å²) in [4.78, 5) is 14.6. The number of nitrogens with one attached hydrogen (secondary N) is 1. The molecule has 7 heteroatoms. The van der Waals surface area contributed by atoms with E-state index in [0.717, 1.165) is 22.7 Å². The predicted octanol–water partition coefficient (Wildman–Crippen LogP) is 3.97. The van der Waals surface area contributed by atoms with Crippen molar-refractivity contribution in [2.75, 3.05) is 30.0 Å². The summed E-state index contributed by atoms with van der Waals surface area (Å²) in [7, 11) is 0. The number of rotatable bonds is 5. The highest BCUT2D eigenvalue weighted by molar-refractivity contribution is 6.04. The Hall–Kier alpha value is -3.61. The van der Waals surface area contributed by atoms with Gasteiger partial charge < -0.3 is 19.7 Å². The number of fused-ring (bicyclic) bond motifs is 1. The van der Waals surface area contributed by atoms with Gasteiger partial charge in [0.2, 0.25) is 0 Å². The molecule has 0 saturated heterocycles. The van der Waals surface area contributed by atoms with Gasteiger partial charge in [-0.2, -0.15) is 0 Å². The van der Waals surface area contributed by atoms with Crippen LogP contribution in [0.2, 0.25) is 0 Å². The Kier molecular flexibility index (Phi) is 5.29. The van der Waals surface area contributed by atoms with Crippen molar-refractivity contribution in [3.63, 3.8) is 0 Å². The minimum Gasteiger partial charge on any atom is -0.486 e. The molecule has 1 N–H and O–H groups in total. The Morgan fingerprint density at radius 3 is 2.59 bits per heavy atom. The molecule has 1 amide bonds. The smallest absolute Gasteiger partial charge is 0.278 e. The van der Waals surface area contributed by atoms with E-state index in [2.05, 4.69) is 15.5 Å². The van der Waals surface area contributed by atoms with E-state index in [-0.39, 0.29) is 5.91 Å². The topological polar surface area (TPSA) is 76.6 Å². The standard InChI is InChI=1S/C22H22N4O3/c1-3-26(17-6-4-5-15(2)13-17)22(27)18-8-10-21(25-24-18)23-16-7-9-19-20(14-16)29-12-11-28-19/h4-10,13-14H,3,11-12H2,1-2H3,(H,23,25). The SMILES string of the molecule is CCN(C(=O)c1ccc(Nc2ccc3c(c2)OCCO3)nn1)c1cccc(C)c1. The van der Waals surface area contributed by atoms with Crippen LogP contribution in [0.3, 0.4) is 0 Å². The van der Waals surface area contributed by atoms with Gasteiger partial charge in [-0.1, -0.05) is 12.1 Å². The average Bonchev–Trinajstić information content (AvgIpc) is 2.75. The fourth-order valence-electron chi connectivity index (χ4n) is 3.16. The number of carbonyl (C=O) groups excluding carboxylic acids is 1. The molecule has 3 aromatic rings. The summed E-state index contributed by atoms with van der Waals surface area (Å²) >= 11 is 0. The van der Waals surface area contributed by atoms with Crippen LogP contribution < -0.4 is 19.7 Å². The van der Waals surface area contributed by atoms with Crippen molar-refractivity contribution < 1.29 is 14.3 Å². The number of aromatic nitrogens is 2. The highest BCUT2D eigenvalue weighted by Crippen LogP contribution is 2.33. The van der Waals surface area contributed by atoms with E-state index in [0.29, 0.717) is 37.0 Å². The maximum atomic E-state index is 12.9. The lowest BCUT2D eigenvalue weighted by Crippen LogP contribution is -2.31. The summed E-state index contributed by atoms with van der Waals surface area (Å²) in [5.41, 5.74) is 3.04. The van der Waals surface area contributed by atoms with Gasteiger partial charge in [0, 0.05) is 24.0 Å². The van der Waals surface area contributed by atoms with E-state index in [4.69, 9.17) is 9.47 Å². The molecule has 2 aromatic carbocycles. The Morgan fingerprint density at radius 1 is 1.03 bits per heavy atom. The van der Waals surface area contributed by atoms with Crippen LogP contribution in [0.25, 0.3) is 0 Å². The van der Waals surface area contributed by atoms with Crippen molar-refractivity contribution in [1.82, 2.24) is 10.2 Å². The molecule has 1 aromatic heterocycles. The molecule has 7 nitrogen and oxygen atoms in total. The minimum atomic E-state index is -0.184. The Bertz CT molecular complexity index is 1020. The van der Waals surface area contributed by atoms with Gasteiger partial charge in [-0.3, -0.25) is 4.79 Å². The first-order valence-electron chi connectivity index (χ1n) is 9.53. The second-order valence-corrected chi connectivity index (χ2v) is 6.68. The summed E-state index contributed by atoms with van der Waals surface area (Å²) in [6, 6.07) is 16.8. The fourth-order valence-corrected chi connectivity index (χ4v) is 3.16. The van der Waals surface area contributed by atoms with E-state index in [9.17, 15) is 4.79 Å². The average molecular weight is 390 g/mol. The van der Waals surface area contributed by atoms with Crippen LogP contribution in [0, 0.1) is 6.92 Å². The Balaban J connectivity index is 1.49. The van der Waals surface area contributed by atoms with E-state index >= 15 is 0 Å². The molecule has 1 aliphatic rings. The normalized spacial score (nSPS) is 12.3. The molecule has 29 heavy (non-hydrogen) atoms. The number of anilines is 3. The first-order valence-corrected chi connectivity index (χ1v) is 9.53.